The summed E-state index contributed by atoms with van der Waals surface area (Å²) in [7, 11) is 1.55. The van der Waals surface area contributed by atoms with Crippen LogP contribution in [0.2, 0.25) is 0 Å². The highest BCUT2D eigenvalue weighted by atomic mass is 16.5. The Labute approximate surface area is 159 Å². The molecule has 4 nitrogen and oxygen atoms in total. The molecule has 0 spiro atoms. The minimum Gasteiger partial charge on any atom is -0.504 e. The largest absolute Gasteiger partial charge is 0.504 e. The molecule has 2 aliphatic rings. The minimum absolute atomic E-state index is 0.0884. The highest BCUT2D eigenvalue weighted by Crippen LogP contribution is 2.54. The van der Waals surface area contributed by atoms with E-state index in [-0.39, 0.29) is 17.4 Å². The monoisotopic (exact) mass is 361 g/mol. The van der Waals surface area contributed by atoms with Crippen LogP contribution < -0.4 is 14.8 Å². The van der Waals surface area contributed by atoms with E-state index >= 15 is 0 Å². The molecule has 27 heavy (non-hydrogen) atoms. The first kappa shape index (κ1) is 17.4. The van der Waals surface area contributed by atoms with Crippen LogP contribution in [-0.2, 0) is 0 Å². The number of anilines is 1. The summed E-state index contributed by atoms with van der Waals surface area (Å²) in [6, 6.07) is 7.49. The molecule has 0 aromatic heterocycles. The third-order valence-corrected chi connectivity index (χ3v) is 5.14. The van der Waals surface area contributed by atoms with Gasteiger partial charge in [-0.3, -0.25) is 0 Å². The van der Waals surface area contributed by atoms with Crippen LogP contribution in [0.1, 0.15) is 44.4 Å². The van der Waals surface area contributed by atoms with Crippen molar-refractivity contribution < 1.29 is 14.6 Å². The Morgan fingerprint density at radius 3 is 2.74 bits per heavy atom. The molecule has 0 saturated heterocycles. The summed E-state index contributed by atoms with van der Waals surface area (Å²) in [6.07, 6.45) is 8.07. The predicted molar refractivity (Wildman–Crippen MR) is 108 cm³/mol. The van der Waals surface area contributed by atoms with Gasteiger partial charge in [0.1, 0.15) is 11.9 Å². The number of rotatable bonds is 2. The lowest BCUT2D eigenvalue weighted by molar-refractivity contribution is 0.206. The van der Waals surface area contributed by atoms with Crippen LogP contribution in [0.15, 0.2) is 30.3 Å². The Morgan fingerprint density at radius 2 is 2.04 bits per heavy atom. The molecule has 1 atom stereocenters. The summed E-state index contributed by atoms with van der Waals surface area (Å²) in [4.78, 5) is 0. The summed E-state index contributed by atoms with van der Waals surface area (Å²) >= 11 is 0. The number of hydrogen-bond acceptors (Lipinski definition) is 4. The van der Waals surface area contributed by atoms with Crippen molar-refractivity contribution in [2.24, 2.45) is 0 Å². The fourth-order valence-corrected chi connectivity index (χ4v) is 4.27. The van der Waals surface area contributed by atoms with Gasteiger partial charge in [-0.25, -0.2) is 0 Å². The minimum atomic E-state index is -0.256. The van der Waals surface area contributed by atoms with Gasteiger partial charge in [0.05, 0.1) is 24.6 Å². The third kappa shape index (κ3) is 2.62. The molecule has 2 heterocycles. The number of aromatic hydroxyl groups is 1. The van der Waals surface area contributed by atoms with E-state index in [0.717, 1.165) is 27.9 Å². The van der Waals surface area contributed by atoms with Gasteiger partial charge in [-0.05, 0) is 50.1 Å². The van der Waals surface area contributed by atoms with E-state index in [9.17, 15) is 5.11 Å². The molecule has 4 rings (SSSR count). The van der Waals surface area contributed by atoms with E-state index in [1.54, 1.807) is 19.2 Å². The van der Waals surface area contributed by atoms with Crippen molar-refractivity contribution >= 4 is 11.3 Å². The first-order valence-corrected chi connectivity index (χ1v) is 9.01. The number of phenols is 1. The molecule has 2 aromatic carbocycles. The van der Waals surface area contributed by atoms with Crippen LogP contribution >= 0.6 is 0 Å². The number of nitrogens with one attached hydrogen (secondary N) is 1. The summed E-state index contributed by atoms with van der Waals surface area (Å²) in [5.74, 6) is 3.91. The van der Waals surface area contributed by atoms with Crippen molar-refractivity contribution in [2.45, 2.75) is 38.8 Å². The van der Waals surface area contributed by atoms with Crippen molar-refractivity contribution in [1.29, 1.82) is 0 Å². The summed E-state index contributed by atoms with van der Waals surface area (Å²) in [5.41, 5.74) is 6.02. The van der Waals surface area contributed by atoms with Gasteiger partial charge in [0.15, 0.2) is 11.5 Å². The van der Waals surface area contributed by atoms with E-state index < -0.39 is 0 Å². The highest BCUT2D eigenvalue weighted by molar-refractivity contribution is 5.92. The fraction of sp³-hybridized carbons (Fsp3) is 0.304. The molecule has 0 saturated carbocycles. The predicted octanol–water partition coefficient (Wildman–Crippen LogP) is 5.13. The molecule has 2 N–H and O–H groups in total. The van der Waals surface area contributed by atoms with E-state index in [4.69, 9.17) is 15.9 Å². The Balaban J connectivity index is 2.05. The maximum Gasteiger partial charge on any atom is 0.172 e. The van der Waals surface area contributed by atoms with Crippen molar-refractivity contribution in [3.63, 3.8) is 0 Å². The van der Waals surface area contributed by atoms with E-state index in [2.05, 4.69) is 50.2 Å². The molecule has 138 valence electrons. The van der Waals surface area contributed by atoms with Crippen LogP contribution in [0, 0.1) is 12.3 Å². The molecule has 4 heteroatoms. The van der Waals surface area contributed by atoms with Gasteiger partial charge in [-0.1, -0.05) is 12.1 Å². The second kappa shape index (κ2) is 5.99. The normalized spacial score (nSPS) is 18.6. The zero-order valence-electron chi connectivity index (χ0n) is 16.0. The second-order valence-electron chi connectivity index (χ2n) is 7.63. The Kier molecular flexibility index (Phi) is 3.85. The van der Waals surface area contributed by atoms with Crippen LogP contribution in [0.4, 0.5) is 5.69 Å². The van der Waals surface area contributed by atoms with Crippen molar-refractivity contribution in [3.8, 4) is 40.7 Å². The Morgan fingerprint density at radius 1 is 1.26 bits per heavy atom. The lowest BCUT2D eigenvalue weighted by atomic mass is 9.81. The third-order valence-electron chi connectivity index (χ3n) is 5.14. The molecule has 2 aromatic rings. The van der Waals surface area contributed by atoms with Gasteiger partial charge < -0.3 is 19.9 Å². The van der Waals surface area contributed by atoms with Crippen LogP contribution in [0.5, 0.6) is 17.2 Å². The fourth-order valence-electron chi connectivity index (χ4n) is 4.27. The molecule has 0 radical (unpaired) electrons. The maximum atomic E-state index is 10.3. The van der Waals surface area contributed by atoms with Crippen molar-refractivity contribution in [3.05, 3.63) is 41.5 Å². The highest BCUT2D eigenvalue weighted by Gasteiger charge is 2.35. The number of terminal acetylenes is 1. The Bertz CT molecular complexity index is 1010. The number of methoxy groups -OCH3 is 1. The van der Waals surface area contributed by atoms with Gasteiger partial charge in [-0.15, -0.1) is 12.3 Å². The first-order chi connectivity index (χ1) is 12.9. The number of allylic oxidation sites excluding steroid dienone is 1. The summed E-state index contributed by atoms with van der Waals surface area (Å²) in [6.45, 7) is 6.40. The molecule has 0 fully saturated rings. The van der Waals surface area contributed by atoms with Gasteiger partial charge in [-0.2, -0.15) is 0 Å². The average molecular weight is 361 g/mol. The second-order valence-corrected chi connectivity index (χ2v) is 7.63. The van der Waals surface area contributed by atoms with Gasteiger partial charge in [0.2, 0.25) is 0 Å². The van der Waals surface area contributed by atoms with Gasteiger partial charge >= 0.3 is 0 Å². The lowest BCUT2D eigenvalue weighted by Crippen LogP contribution is -2.32. The van der Waals surface area contributed by atoms with Gasteiger partial charge in [0.25, 0.3) is 0 Å². The van der Waals surface area contributed by atoms with E-state index in [1.165, 1.54) is 5.57 Å². The summed E-state index contributed by atoms with van der Waals surface area (Å²) < 4.78 is 11.8. The molecule has 2 aliphatic heterocycles. The summed E-state index contributed by atoms with van der Waals surface area (Å²) in [5, 5.41) is 13.9. The number of ether oxygens (including phenoxy) is 2. The lowest BCUT2D eigenvalue weighted by Gasteiger charge is -2.37. The SMILES string of the molecule is C#CCC1Oc2ccc(O)c(OC)c2-c2ccc3c(c21)C(C)=CC(C)(C)N3. The molecule has 0 amide bonds. The Hall–Kier alpha value is -3.06. The molecular formula is C23H23NO3. The standard InChI is InChI=1S/C23H23NO3/c1-6-7-17-20-14(21-18(27-17)11-10-16(25)22(21)26-5)8-9-15-19(20)13(2)12-23(3,4)24-15/h1,8-12,17,24-25H,7H2,2-5H3. The van der Waals surface area contributed by atoms with E-state index in [1.807, 2.05) is 0 Å². The topological polar surface area (TPSA) is 50.7 Å². The molecule has 0 bridgehead atoms. The van der Waals surface area contributed by atoms with Crippen molar-refractivity contribution in [2.75, 3.05) is 12.4 Å². The number of fused-ring (bicyclic) bond motifs is 5. The maximum absolute atomic E-state index is 10.3. The van der Waals surface area contributed by atoms with Crippen LogP contribution in [0.3, 0.4) is 0 Å². The van der Waals surface area contributed by atoms with Crippen molar-refractivity contribution in [1.82, 2.24) is 0 Å². The number of benzene rings is 2. The smallest absolute Gasteiger partial charge is 0.172 e. The molecular weight excluding hydrogens is 338 g/mol. The number of hydrogen-bond donors (Lipinski definition) is 2. The number of phenolic OH excluding ortho intramolecular Hbond substituents is 1. The quantitative estimate of drug-likeness (QED) is 0.728. The van der Waals surface area contributed by atoms with Gasteiger partial charge in [0, 0.05) is 16.8 Å². The zero-order chi connectivity index (χ0) is 19.3. The average Bonchev–Trinajstić information content (AvgIpc) is 2.60. The molecule has 1 unspecified atom stereocenters. The van der Waals surface area contributed by atoms with E-state index in [0.29, 0.717) is 17.9 Å². The van der Waals surface area contributed by atoms with Crippen LogP contribution in [0.25, 0.3) is 16.7 Å². The zero-order valence-corrected chi connectivity index (χ0v) is 16.0. The molecule has 0 aliphatic carbocycles. The van der Waals surface area contributed by atoms with Crippen LogP contribution in [-0.4, -0.2) is 17.8 Å². The first-order valence-electron chi connectivity index (χ1n) is 9.01.